The van der Waals surface area contributed by atoms with Crippen molar-refractivity contribution in [3.8, 4) is 11.5 Å². The third-order valence-corrected chi connectivity index (χ3v) is 3.74. The maximum atomic E-state index is 14.1. The second-order valence-electron chi connectivity index (χ2n) is 5.22. The zero-order valence-corrected chi connectivity index (χ0v) is 12.6. The molecule has 0 aliphatic carbocycles. The van der Waals surface area contributed by atoms with Gasteiger partial charge in [-0.05, 0) is 48.6 Å². The van der Waals surface area contributed by atoms with E-state index in [0.29, 0.717) is 24.6 Å². The summed E-state index contributed by atoms with van der Waals surface area (Å²) in [4.78, 5) is 0. The third-order valence-electron chi connectivity index (χ3n) is 3.74. The molecule has 0 aliphatic rings. The minimum Gasteiger partial charge on any atom is -0.454 e. The number of hydrogen-bond donors (Lipinski definition) is 1. The van der Waals surface area contributed by atoms with Crippen molar-refractivity contribution >= 4 is 0 Å². The van der Waals surface area contributed by atoms with Gasteiger partial charge in [-0.3, -0.25) is 0 Å². The summed E-state index contributed by atoms with van der Waals surface area (Å²) in [7, 11) is 0. The quantitative estimate of drug-likeness (QED) is 0.840. The van der Waals surface area contributed by atoms with Crippen LogP contribution >= 0.6 is 0 Å². The first-order valence-electron chi connectivity index (χ1n) is 7.41. The average molecular weight is 287 g/mol. The average Bonchev–Trinajstić information content (AvgIpc) is 2.50. The molecule has 2 nitrogen and oxygen atoms in total. The number of rotatable bonds is 6. The predicted molar refractivity (Wildman–Crippen MR) is 84.4 cm³/mol. The molecule has 2 N–H and O–H groups in total. The van der Waals surface area contributed by atoms with Crippen LogP contribution in [-0.2, 0) is 6.42 Å². The van der Waals surface area contributed by atoms with Crippen LogP contribution in [0.25, 0.3) is 0 Å². The zero-order chi connectivity index (χ0) is 15.2. The minimum absolute atomic E-state index is 0.290. The van der Waals surface area contributed by atoms with Crippen molar-refractivity contribution in [1.82, 2.24) is 0 Å². The van der Waals surface area contributed by atoms with Crippen molar-refractivity contribution in [2.75, 3.05) is 6.54 Å². The Morgan fingerprint density at radius 1 is 1.14 bits per heavy atom. The molecule has 0 heterocycles. The summed E-state index contributed by atoms with van der Waals surface area (Å²) in [6.07, 6.45) is 1.60. The molecule has 2 aromatic rings. The fourth-order valence-electron chi connectivity index (χ4n) is 2.33. The molecule has 2 aromatic carbocycles. The fraction of sp³-hybridized carbons (Fsp3) is 0.333. The van der Waals surface area contributed by atoms with Gasteiger partial charge >= 0.3 is 0 Å². The summed E-state index contributed by atoms with van der Waals surface area (Å²) in [6, 6.07) is 12.8. The van der Waals surface area contributed by atoms with Gasteiger partial charge in [0, 0.05) is 0 Å². The van der Waals surface area contributed by atoms with Gasteiger partial charge in [0.15, 0.2) is 11.6 Å². The molecular weight excluding hydrogens is 265 g/mol. The molecule has 0 aromatic heterocycles. The highest BCUT2D eigenvalue weighted by Crippen LogP contribution is 2.34. The Bertz CT molecular complexity index is 598. The second kappa shape index (κ2) is 7.23. The number of benzene rings is 2. The van der Waals surface area contributed by atoms with E-state index < -0.39 is 0 Å². The molecule has 112 valence electrons. The Morgan fingerprint density at radius 2 is 1.90 bits per heavy atom. The number of para-hydroxylation sites is 2. The van der Waals surface area contributed by atoms with E-state index in [1.165, 1.54) is 6.07 Å². The van der Waals surface area contributed by atoms with Crippen molar-refractivity contribution in [1.29, 1.82) is 0 Å². The third kappa shape index (κ3) is 3.61. The van der Waals surface area contributed by atoms with Crippen LogP contribution in [0.5, 0.6) is 11.5 Å². The molecule has 21 heavy (non-hydrogen) atoms. The SMILES string of the molecule is CCC(C)c1ccccc1Oc1c(F)cccc1CCN. The maximum Gasteiger partial charge on any atom is 0.166 e. The first-order valence-corrected chi connectivity index (χ1v) is 7.41. The largest absolute Gasteiger partial charge is 0.454 e. The van der Waals surface area contributed by atoms with E-state index in [1.54, 1.807) is 6.07 Å². The molecule has 0 spiro atoms. The Morgan fingerprint density at radius 3 is 2.62 bits per heavy atom. The second-order valence-corrected chi connectivity index (χ2v) is 5.22. The van der Waals surface area contributed by atoms with Crippen LogP contribution in [0.4, 0.5) is 4.39 Å². The highest BCUT2D eigenvalue weighted by atomic mass is 19.1. The van der Waals surface area contributed by atoms with Crippen LogP contribution in [0.3, 0.4) is 0 Å². The summed E-state index contributed by atoms with van der Waals surface area (Å²) in [5, 5.41) is 0. The van der Waals surface area contributed by atoms with Crippen LogP contribution in [0.1, 0.15) is 37.3 Å². The Labute approximate surface area is 125 Å². The van der Waals surface area contributed by atoms with Crippen LogP contribution in [0, 0.1) is 5.82 Å². The van der Waals surface area contributed by atoms with E-state index in [0.717, 1.165) is 23.3 Å². The summed E-state index contributed by atoms with van der Waals surface area (Å²) in [6.45, 7) is 4.74. The molecule has 2 rings (SSSR count). The topological polar surface area (TPSA) is 35.2 Å². The van der Waals surface area contributed by atoms with E-state index in [2.05, 4.69) is 13.8 Å². The van der Waals surface area contributed by atoms with Crippen LogP contribution < -0.4 is 10.5 Å². The molecule has 0 radical (unpaired) electrons. The molecule has 1 unspecified atom stereocenters. The lowest BCUT2D eigenvalue weighted by atomic mass is 9.98. The van der Waals surface area contributed by atoms with Crippen molar-refractivity contribution in [2.45, 2.75) is 32.6 Å². The number of ether oxygens (including phenoxy) is 1. The van der Waals surface area contributed by atoms with Gasteiger partial charge in [-0.2, -0.15) is 0 Å². The summed E-state index contributed by atoms with van der Waals surface area (Å²) in [5.41, 5.74) is 7.50. The van der Waals surface area contributed by atoms with Gasteiger partial charge in [0.2, 0.25) is 0 Å². The van der Waals surface area contributed by atoms with E-state index in [-0.39, 0.29) is 5.82 Å². The molecule has 0 amide bonds. The zero-order valence-electron chi connectivity index (χ0n) is 12.6. The normalized spacial score (nSPS) is 12.2. The molecule has 0 fully saturated rings. The van der Waals surface area contributed by atoms with E-state index in [9.17, 15) is 4.39 Å². The first kappa shape index (κ1) is 15.5. The predicted octanol–water partition coefficient (Wildman–Crippen LogP) is 4.63. The van der Waals surface area contributed by atoms with E-state index in [1.807, 2.05) is 30.3 Å². The highest BCUT2D eigenvalue weighted by Gasteiger charge is 2.15. The van der Waals surface area contributed by atoms with Crippen LogP contribution in [0.2, 0.25) is 0 Å². The molecule has 0 bridgehead atoms. The molecule has 0 saturated heterocycles. The van der Waals surface area contributed by atoms with Crippen molar-refractivity contribution in [3.63, 3.8) is 0 Å². The lowest BCUT2D eigenvalue weighted by Crippen LogP contribution is -2.05. The first-order chi connectivity index (χ1) is 10.2. The van der Waals surface area contributed by atoms with Crippen molar-refractivity contribution < 1.29 is 9.13 Å². The molecule has 0 aliphatic heterocycles. The highest BCUT2D eigenvalue weighted by molar-refractivity contribution is 5.43. The number of nitrogens with two attached hydrogens (primary N) is 1. The van der Waals surface area contributed by atoms with Crippen LogP contribution in [-0.4, -0.2) is 6.54 Å². The minimum atomic E-state index is -0.347. The Kier molecular flexibility index (Phi) is 5.34. The van der Waals surface area contributed by atoms with Gasteiger partial charge in [-0.25, -0.2) is 4.39 Å². The summed E-state index contributed by atoms with van der Waals surface area (Å²) < 4.78 is 20.0. The number of hydrogen-bond acceptors (Lipinski definition) is 2. The number of halogens is 1. The van der Waals surface area contributed by atoms with Gasteiger partial charge < -0.3 is 10.5 Å². The van der Waals surface area contributed by atoms with Gasteiger partial charge in [0.05, 0.1) is 0 Å². The smallest absolute Gasteiger partial charge is 0.166 e. The standard InChI is InChI=1S/C18H22FNO/c1-3-13(2)15-8-4-5-10-17(15)21-18-14(11-12-20)7-6-9-16(18)19/h4-10,13H,3,11-12,20H2,1-2H3. The Hall–Kier alpha value is -1.87. The van der Waals surface area contributed by atoms with Gasteiger partial charge in [0.25, 0.3) is 0 Å². The van der Waals surface area contributed by atoms with Gasteiger partial charge in [0.1, 0.15) is 5.75 Å². The van der Waals surface area contributed by atoms with Crippen LogP contribution in [0.15, 0.2) is 42.5 Å². The lowest BCUT2D eigenvalue weighted by molar-refractivity contribution is 0.428. The van der Waals surface area contributed by atoms with Crippen molar-refractivity contribution in [2.24, 2.45) is 5.73 Å². The van der Waals surface area contributed by atoms with Crippen molar-refractivity contribution in [3.05, 3.63) is 59.4 Å². The lowest BCUT2D eigenvalue weighted by Gasteiger charge is -2.17. The van der Waals surface area contributed by atoms with E-state index in [4.69, 9.17) is 10.5 Å². The summed E-state index contributed by atoms with van der Waals surface area (Å²) in [5.74, 6) is 1.03. The Balaban J connectivity index is 2.39. The van der Waals surface area contributed by atoms with Gasteiger partial charge in [-0.15, -0.1) is 0 Å². The monoisotopic (exact) mass is 287 g/mol. The molecule has 1 atom stereocenters. The van der Waals surface area contributed by atoms with Gasteiger partial charge in [-0.1, -0.05) is 44.2 Å². The fourth-order valence-corrected chi connectivity index (χ4v) is 2.33. The maximum absolute atomic E-state index is 14.1. The van der Waals surface area contributed by atoms with E-state index >= 15 is 0 Å². The molecule has 3 heteroatoms. The molecular formula is C18H22FNO. The molecule has 0 saturated carbocycles. The summed E-state index contributed by atoms with van der Waals surface area (Å²) >= 11 is 0.